The van der Waals surface area contributed by atoms with E-state index in [9.17, 15) is 9.59 Å². The van der Waals surface area contributed by atoms with E-state index in [1.807, 2.05) is 24.3 Å². The van der Waals surface area contributed by atoms with Crippen LogP contribution in [0.15, 0.2) is 71.3 Å². The first-order valence-electron chi connectivity index (χ1n) is 9.36. The van der Waals surface area contributed by atoms with E-state index in [0.717, 1.165) is 29.7 Å². The van der Waals surface area contributed by atoms with E-state index in [0.29, 0.717) is 17.8 Å². The zero-order valence-electron chi connectivity index (χ0n) is 15.6. The van der Waals surface area contributed by atoms with E-state index in [1.165, 1.54) is 6.26 Å². The largest absolute Gasteiger partial charge is 0.459 e. The van der Waals surface area contributed by atoms with Crippen molar-refractivity contribution in [3.05, 3.63) is 84.1 Å². The Morgan fingerprint density at radius 2 is 1.79 bits per heavy atom. The number of imidazole rings is 1. The van der Waals surface area contributed by atoms with Gasteiger partial charge in [-0.2, -0.15) is 0 Å². The summed E-state index contributed by atoms with van der Waals surface area (Å²) in [5.74, 6) is 0.657. The third kappa shape index (κ3) is 4.52. The molecule has 7 nitrogen and oxygen atoms in total. The number of carbonyl (C=O) groups excluding carboxylic acids is 2. The second kappa shape index (κ2) is 8.43. The number of aryl methyl sites for hydroxylation is 1. The first-order chi connectivity index (χ1) is 14.2. The molecule has 0 saturated carbocycles. The SMILES string of the molecule is O=C(NCCCc1nc2ccccc2[nH]1)c1ccc(NC(=O)c2ccco2)cc1. The van der Waals surface area contributed by atoms with Crippen LogP contribution in [0.4, 0.5) is 5.69 Å². The van der Waals surface area contributed by atoms with Gasteiger partial charge in [0.1, 0.15) is 5.82 Å². The molecule has 2 aromatic heterocycles. The Morgan fingerprint density at radius 3 is 2.55 bits per heavy atom. The number of rotatable bonds is 7. The number of carbonyl (C=O) groups is 2. The summed E-state index contributed by atoms with van der Waals surface area (Å²) in [7, 11) is 0. The molecule has 7 heteroatoms. The number of anilines is 1. The molecular weight excluding hydrogens is 368 g/mol. The highest BCUT2D eigenvalue weighted by molar-refractivity contribution is 6.02. The molecule has 2 aromatic carbocycles. The predicted molar refractivity (Wildman–Crippen MR) is 110 cm³/mol. The van der Waals surface area contributed by atoms with Gasteiger partial charge in [0.25, 0.3) is 11.8 Å². The predicted octanol–water partition coefficient (Wildman–Crippen LogP) is 3.77. The fraction of sp³-hybridized carbons (Fsp3) is 0.136. The number of furan rings is 1. The average molecular weight is 388 g/mol. The molecule has 0 atom stereocenters. The second-order valence-corrected chi connectivity index (χ2v) is 6.57. The minimum absolute atomic E-state index is 0.154. The van der Waals surface area contributed by atoms with Crippen LogP contribution in [0.1, 0.15) is 33.2 Å². The van der Waals surface area contributed by atoms with Crippen molar-refractivity contribution in [1.29, 1.82) is 0 Å². The van der Waals surface area contributed by atoms with Gasteiger partial charge in [0.05, 0.1) is 17.3 Å². The van der Waals surface area contributed by atoms with Crippen LogP contribution in [0, 0.1) is 0 Å². The summed E-state index contributed by atoms with van der Waals surface area (Å²) in [4.78, 5) is 32.0. The minimum atomic E-state index is -0.335. The van der Waals surface area contributed by atoms with Crippen LogP contribution < -0.4 is 10.6 Å². The first-order valence-corrected chi connectivity index (χ1v) is 9.36. The van der Waals surface area contributed by atoms with E-state index in [2.05, 4.69) is 20.6 Å². The smallest absolute Gasteiger partial charge is 0.291 e. The summed E-state index contributed by atoms with van der Waals surface area (Å²) < 4.78 is 5.05. The minimum Gasteiger partial charge on any atom is -0.459 e. The summed E-state index contributed by atoms with van der Waals surface area (Å²) in [6, 6.07) is 17.8. The fourth-order valence-corrected chi connectivity index (χ4v) is 2.99. The van der Waals surface area contributed by atoms with Gasteiger partial charge in [-0.05, 0) is 55.0 Å². The Labute approximate surface area is 167 Å². The molecule has 0 aliphatic heterocycles. The van der Waals surface area contributed by atoms with Gasteiger partial charge in [-0.1, -0.05) is 12.1 Å². The summed E-state index contributed by atoms with van der Waals surface area (Å²) >= 11 is 0. The molecule has 0 aliphatic rings. The normalized spacial score (nSPS) is 10.8. The van der Waals surface area contributed by atoms with Crippen LogP contribution in [0.2, 0.25) is 0 Å². The second-order valence-electron chi connectivity index (χ2n) is 6.57. The zero-order valence-corrected chi connectivity index (χ0v) is 15.6. The van der Waals surface area contributed by atoms with E-state index < -0.39 is 0 Å². The Kier molecular flexibility index (Phi) is 5.38. The van der Waals surface area contributed by atoms with Crippen molar-refractivity contribution in [2.24, 2.45) is 0 Å². The lowest BCUT2D eigenvalue weighted by Gasteiger charge is -2.07. The molecule has 0 saturated heterocycles. The lowest BCUT2D eigenvalue weighted by atomic mass is 10.2. The van der Waals surface area contributed by atoms with E-state index in [-0.39, 0.29) is 17.6 Å². The topological polar surface area (TPSA) is 100 Å². The molecular formula is C22H20N4O3. The molecule has 0 bridgehead atoms. The summed E-state index contributed by atoms with van der Waals surface area (Å²) in [6.45, 7) is 0.548. The van der Waals surface area contributed by atoms with Crippen LogP contribution in [-0.4, -0.2) is 28.3 Å². The van der Waals surface area contributed by atoms with Crippen LogP contribution in [-0.2, 0) is 6.42 Å². The van der Waals surface area contributed by atoms with Gasteiger partial charge in [0.2, 0.25) is 0 Å². The maximum atomic E-state index is 12.3. The molecule has 0 radical (unpaired) electrons. The van der Waals surface area contributed by atoms with Gasteiger partial charge >= 0.3 is 0 Å². The number of aromatic amines is 1. The molecule has 4 aromatic rings. The lowest BCUT2D eigenvalue weighted by molar-refractivity contribution is 0.0952. The molecule has 2 heterocycles. The molecule has 0 aliphatic carbocycles. The highest BCUT2D eigenvalue weighted by atomic mass is 16.3. The van der Waals surface area contributed by atoms with Crippen LogP contribution >= 0.6 is 0 Å². The molecule has 0 spiro atoms. The maximum Gasteiger partial charge on any atom is 0.291 e. The number of benzene rings is 2. The Bertz CT molecular complexity index is 1080. The standard InChI is InChI=1S/C22H20N4O3/c27-21(23-13-3-8-20-25-17-5-1-2-6-18(17)26-20)15-9-11-16(12-10-15)24-22(28)19-7-4-14-29-19/h1-2,4-7,9-12,14H,3,8,13H2,(H,23,27)(H,24,28)(H,25,26). The number of nitrogens with zero attached hydrogens (tertiary/aromatic N) is 1. The number of hydrogen-bond acceptors (Lipinski definition) is 4. The van der Waals surface area contributed by atoms with Gasteiger partial charge in [0.15, 0.2) is 5.76 Å². The maximum absolute atomic E-state index is 12.3. The Hall–Kier alpha value is -3.87. The van der Waals surface area contributed by atoms with Crippen molar-refractivity contribution in [2.75, 3.05) is 11.9 Å². The van der Waals surface area contributed by atoms with Crippen LogP contribution in [0.3, 0.4) is 0 Å². The average Bonchev–Trinajstić information content (AvgIpc) is 3.41. The van der Waals surface area contributed by atoms with Gasteiger partial charge in [0, 0.05) is 24.2 Å². The zero-order chi connectivity index (χ0) is 20.1. The first kappa shape index (κ1) is 18.5. The van der Waals surface area contributed by atoms with Gasteiger partial charge < -0.3 is 20.0 Å². The van der Waals surface area contributed by atoms with E-state index in [4.69, 9.17) is 4.42 Å². The van der Waals surface area contributed by atoms with Gasteiger partial charge in [-0.3, -0.25) is 9.59 Å². The highest BCUT2D eigenvalue weighted by Gasteiger charge is 2.10. The van der Waals surface area contributed by atoms with Crippen molar-refractivity contribution in [1.82, 2.24) is 15.3 Å². The van der Waals surface area contributed by atoms with Gasteiger partial charge in [-0.25, -0.2) is 4.98 Å². The number of nitrogens with one attached hydrogen (secondary N) is 3. The molecule has 146 valence electrons. The van der Waals surface area contributed by atoms with Crippen molar-refractivity contribution in [2.45, 2.75) is 12.8 Å². The Morgan fingerprint density at radius 1 is 0.966 bits per heavy atom. The van der Waals surface area contributed by atoms with E-state index in [1.54, 1.807) is 36.4 Å². The number of H-pyrrole nitrogens is 1. The summed E-state index contributed by atoms with van der Waals surface area (Å²) in [6.07, 6.45) is 2.98. The molecule has 3 N–H and O–H groups in total. The van der Waals surface area contributed by atoms with Crippen LogP contribution in [0.25, 0.3) is 11.0 Å². The number of para-hydroxylation sites is 2. The van der Waals surface area contributed by atoms with Crippen molar-refractivity contribution < 1.29 is 14.0 Å². The van der Waals surface area contributed by atoms with E-state index >= 15 is 0 Å². The third-order valence-electron chi connectivity index (χ3n) is 4.46. The number of aromatic nitrogens is 2. The lowest BCUT2D eigenvalue weighted by Crippen LogP contribution is -2.24. The molecule has 0 fully saturated rings. The molecule has 0 unspecified atom stereocenters. The van der Waals surface area contributed by atoms with Gasteiger partial charge in [-0.15, -0.1) is 0 Å². The van der Waals surface area contributed by atoms with Crippen LogP contribution in [0.5, 0.6) is 0 Å². The van der Waals surface area contributed by atoms with Crippen molar-refractivity contribution in [3.8, 4) is 0 Å². The molecule has 4 rings (SSSR count). The number of fused-ring (bicyclic) bond motifs is 1. The third-order valence-corrected chi connectivity index (χ3v) is 4.46. The number of amides is 2. The van der Waals surface area contributed by atoms with Crippen molar-refractivity contribution in [3.63, 3.8) is 0 Å². The number of hydrogen-bond donors (Lipinski definition) is 3. The fourth-order valence-electron chi connectivity index (χ4n) is 2.99. The molecule has 29 heavy (non-hydrogen) atoms. The monoisotopic (exact) mass is 388 g/mol. The highest BCUT2D eigenvalue weighted by Crippen LogP contribution is 2.13. The quantitative estimate of drug-likeness (QED) is 0.420. The summed E-state index contributed by atoms with van der Waals surface area (Å²) in [5, 5.41) is 5.62. The Balaban J connectivity index is 1.24. The van der Waals surface area contributed by atoms with Crippen molar-refractivity contribution >= 4 is 28.5 Å². The molecule has 2 amide bonds. The summed E-state index contributed by atoms with van der Waals surface area (Å²) in [5.41, 5.74) is 3.09.